The molecule has 0 spiro atoms. The highest BCUT2D eigenvalue weighted by molar-refractivity contribution is 5.29. The monoisotopic (exact) mass is 279 g/mol. The predicted octanol–water partition coefficient (Wildman–Crippen LogP) is 0.208. The van der Waals surface area contributed by atoms with Crippen LogP contribution in [0.15, 0.2) is 18.5 Å². The van der Waals surface area contributed by atoms with Crippen LogP contribution in [-0.2, 0) is 4.74 Å². The fraction of sp³-hybridized carbons (Fsp3) is 0.714. The van der Waals surface area contributed by atoms with Crippen molar-refractivity contribution in [2.24, 2.45) is 11.7 Å². The molecule has 6 heteroatoms. The van der Waals surface area contributed by atoms with E-state index in [1.54, 1.807) is 19.5 Å². The van der Waals surface area contributed by atoms with Gasteiger partial charge in [0, 0.05) is 58.3 Å². The van der Waals surface area contributed by atoms with Crippen molar-refractivity contribution in [3.05, 3.63) is 18.5 Å². The Morgan fingerprint density at radius 1 is 1.25 bits per heavy atom. The number of ether oxygens (including phenoxy) is 1. The Bertz CT molecular complexity index is 380. The summed E-state index contributed by atoms with van der Waals surface area (Å²) in [5, 5.41) is 0. The molecule has 20 heavy (non-hydrogen) atoms. The minimum absolute atomic E-state index is 0.383. The summed E-state index contributed by atoms with van der Waals surface area (Å²) < 4.78 is 5.26. The van der Waals surface area contributed by atoms with Gasteiger partial charge in [0.15, 0.2) is 0 Å². The largest absolute Gasteiger partial charge is 0.384 e. The van der Waals surface area contributed by atoms with Crippen molar-refractivity contribution >= 4 is 5.95 Å². The van der Waals surface area contributed by atoms with Gasteiger partial charge in [0.2, 0.25) is 5.95 Å². The summed E-state index contributed by atoms with van der Waals surface area (Å²) >= 11 is 0. The molecule has 2 N–H and O–H groups in total. The Morgan fingerprint density at radius 3 is 2.45 bits per heavy atom. The fourth-order valence-corrected chi connectivity index (χ4v) is 2.82. The smallest absolute Gasteiger partial charge is 0.225 e. The van der Waals surface area contributed by atoms with Gasteiger partial charge in [0.1, 0.15) is 0 Å². The van der Waals surface area contributed by atoms with E-state index in [9.17, 15) is 0 Å². The summed E-state index contributed by atoms with van der Waals surface area (Å²) in [4.78, 5) is 13.3. The number of aromatic nitrogens is 2. The summed E-state index contributed by atoms with van der Waals surface area (Å²) in [7, 11) is 1.74. The molecule has 1 fully saturated rings. The maximum Gasteiger partial charge on any atom is 0.225 e. The number of piperazine rings is 1. The predicted molar refractivity (Wildman–Crippen MR) is 79.7 cm³/mol. The van der Waals surface area contributed by atoms with Crippen molar-refractivity contribution in [2.75, 3.05) is 51.3 Å². The molecule has 0 radical (unpaired) electrons. The summed E-state index contributed by atoms with van der Waals surface area (Å²) in [5.41, 5.74) is 5.95. The number of anilines is 1. The SMILES string of the molecule is COCC(C)C(CN)N1CCN(c2ncccn2)CC1. The van der Waals surface area contributed by atoms with Crippen LogP contribution in [-0.4, -0.2) is 67.4 Å². The van der Waals surface area contributed by atoms with Crippen LogP contribution in [0.3, 0.4) is 0 Å². The second kappa shape index (κ2) is 7.52. The van der Waals surface area contributed by atoms with Crippen molar-refractivity contribution < 1.29 is 4.74 Å². The van der Waals surface area contributed by atoms with E-state index in [4.69, 9.17) is 10.5 Å². The van der Waals surface area contributed by atoms with Crippen molar-refractivity contribution in [3.8, 4) is 0 Å². The molecule has 2 heterocycles. The fourth-order valence-electron chi connectivity index (χ4n) is 2.82. The van der Waals surface area contributed by atoms with E-state index in [1.165, 1.54) is 0 Å². The van der Waals surface area contributed by atoms with Crippen LogP contribution in [0.4, 0.5) is 5.95 Å². The highest BCUT2D eigenvalue weighted by Gasteiger charge is 2.27. The zero-order valence-corrected chi connectivity index (χ0v) is 12.4. The molecule has 1 aliphatic heterocycles. The lowest BCUT2D eigenvalue weighted by atomic mass is 10.0. The molecule has 1 aromatic rings. The number of rotatable bonds is 6. The maximum absolute atomic E-state index is 5.95. The average Bonchev–Trinajstić information content (AvgIpc) is 2.50. The average molecular weight is 279 g/mol. The third-order valence-corrected chi connectivity index (χ3v) is 3.95. The van der Waals surface area contributed by atoms with E-state index < -0.39 is 0 Å². The van der Waals surface area contributed by atoms with E-state index in [0.717, 1.165) is 38.7 Å². The second-order valence-electron chi connectivity index (χ2n) is 5.31. The van der Waals surface area contributed by atoms with Crippen LogP contribution in [0.1, 0.15) is 6.92 Å². The molecule has 1 aromatic heterocycles. The molecular weight excluding hydrogens is 254 g/mol. The van der Waals surface area contributed by atoms with Crippen LogP contribution < -0.4 is 10.6 Å². The van der Waals surface area contributed by atoms with Crippen LogP contribution in [0.5, 0.6) is 0 Å². The van der Waals surface area contributed by atoms with Gasteiger partial charge in [0.05, 0.1) is 6.61 Å². The molecule has 0 amide bonds. The molecule has 0 aromatic carbocycles. The first kappa shape index (κ1) is 15.2. The highest BCUT2D eigenvalue weighted by Crippen LogP contribution is 2.16. The van der Waals surface area contributed by atoms with Gasteiger partial charge in [-0.05, 0) is 12.0 Å². The van der Waals surface area contributed by atoms with Gasteiger partial charge in [-0.15, -0.1) is 0 Å². The molecule has 6 nitrogen and oxygen atoms in total. The summed E-state index contributed by atoms with van der Waals surface area (Å²) in [6.07, 6.45) is 3.58. The first-order chi connectivity index (χ1) is 9.76. The quantitative estimate of drug-likeness (QED) is 0.803. The zero-order chi connectivity index (χ0) is 14.4. The van der Waals surface area contributed by atoms with Gasteiger partial charge in [-0.25, -0.2) is 9.97 Å². The molecule has 0 bridgehead atoms. The van der Waals surface area contributed by atoms with Gasteiger partial charge >= 0.3 is 0 Å². The van der Waals surface area contributed by atoms with E-state index >= 15 is 0 Å². The molecule has 0 aliphatic carbocycles. The number of nitrogens with zero attached hydrogens (tertiary/aromatic N) is 4. The molecule has 0 saturated carbocycles. The molecule has 2 atom stereocenters. The maximum atomic E-state index is 5.95. The van der Waals surface area contributed by atoms with Crippen LogP contribution in [0.2, 0.25) is 0 Å². The standard InChI is InChI=1S/C14H25N5O/c1-12(11-20-2)13(10-15)18-6-8-19(9-7-18)14-16-4-3-5-17-14/h3-5,12-13H,6-11,15H2,1-2H3. The Morgan fingerprint density at radius 2 is 1.90 bits per heavy atom. The van der Waals surface area contributed by atoms with Crippen LogP contribution >= 0.6 is 0 Å². The third kappa shape index (κ3) is 3.65. The van der Waals surface area contributed by atoms with Crippen molar-refractivity contribution in [1.82, 2.24) is 14.9 Å². The lowest BCUT2D eigenvalue weighted by molar-refractivity contribution is 0.0814. The molecule has 112 valence electrons. The number of hydrogen-bond acceptors (Lipinski definition) is 6. The summed E-state index contributed by atoms with van der Waals surface area (Å²) in [6, 6.07) is 2.23. The van der Waals surface area contributed by atoms with Gasteiger partial charge < -0.3 is 15.4 Å². The summed E-state index contributed by atoms with van der Waals surface area (Å²) in [6.45, 7) is 7.51. The van der Waals surface area contributed by atoms with E-state index in [-0.39, 0.29) is 0 Å². The Hall–Kier alpha value is -1.24. The summed E-state index contributed by atoms with van der Waals surface area (Å²) in [5.74, 6) is 1.27. The Balaban J connectivity index is 1.90. The van der Waals surface area contributed by atoms with Crippen LogP contribution in [0.25, 0.3) is 0 Å². The minimum atomic E-state index is 0.383. The highest BCUT2D eigenvalue weighted by atomic mass is 16.5. The first-order valence-electron chi connectivity index (χ1n) is 7.21. The van der Waals surface area contributed by atoms with Crippen LogP contribution in [0, 0.1) is 5.92 Å². The van der Waals surface area contributed by atoms with Gasteiger partial charge in [0.25, 0.3) is 0 Å². The third-order valence-electron chi connectivity index (χ3n) is 3.95. The van der Waals surface area contributed by atoms with Crippen molar-refractivity contribution in [1.29, 1.82) is 0 Å². The number of hydrogen-bond donors (Lipinski definition) is 1. The molecule has 1 saturated heterocycles. The number of methoxy groups -OCH3 is 1. The molecule has 2 unspecified atom stereocenters. The van der Waals surface area contributed by atoms with Gasteiger partial charge in [-0.2, -0.15) is 0 Å². The lowest BCUT2D eigenvalue weighted by Crippen LogP contribution is -2.55. The zero-order valence-electron chi connectivity index (χ0n) is 12.4. The van der Waals surface area contributed by atoms with Gasteiger partial charge in [-0.3, -0.25) is 4.90 Å². The van der Waals surface area contributed by atoms with E-state index in [0.29, 0.717) is 18.5 Å². The molecular formula is C14H25N5O. The second-order valence-corrected chi connectivity index (χ2v) is 5.31. The van der Waals surface area contributed by atoms with Gasteiger partial charge in [-0.1, -0.05) is 6.92 Å². The van der Waals surface area contributed by atoms with Crippen molar-refractivity contribution in [2.45, 2.75) is 13.0 Å². The molecule has 2 rings (SSSR count). The Labute approximate surface area is 120 Å². The number of nitrogens with two attached hydrogens (primary N) is 1. The topological polar surface area (TPSA) is 67.5 Å². The first-order valence-corrected chi connectivity index (χ1v) is 7.21. The minimum Gasteiger partial charge on any atom is -0.384 e. The Kier molecular flexibility index (Phi) is 5.70. The normalized spacial score (nSPS) is 19.9. The molecule has 1 aliphatic rings. The lowest BCUT2D eigenvalue weighted by Gasteiger charge is -2.41. The van der Waals surface area contributed by atoms with E-state index in [1.807, 2.05) is 6.07 Å². The van der Waals surface area contributed by atoms with E-state index in [2.05, 4.69) is 26.7 Å². The van der Waals surface area contributed by atoms with Crippen molar-refractivity contribution in [3.63, 3.8) is 0 Å².